The van der Waals surface area contributed by atoms with Gasteiger partial charge in [0.2, 0.25) is 5.78 Å². The van der Waals surface area contributed by atoms with Crippen molar-refractivity contribution in [3.05, 3.63) is 35.9 Å². The van der Waals surface area contributed by atoms with E-state index in [2.05, 4.69) is 9.78 Å². The molecule has 0 bridgehead atoms. The van der Waals surface area contributed by atoms with Crippen LogP contribution in [0, 0.1) is 0 Å². The van der Waals surface area contributed by atoms with Gasteiger partial charge < -0.3 is 0 Å². The van der Waals surface area contributed by atoms with E-state index < -0.39 is 6.29 Å². The highest BCUT2D eigenvalue weighted by Gasteiger charge is 2.35. The first-order chi connectivity index (χ1) is 5.38. The second kappa shape index (κ2) is 2.45. The first-order valence-corrected chi connectivity index (χ1v) is 3.29. The molecule has 3 heteroatoms. The fraction of sp³-hybridized carbons (Fsp3) is 0.125. The van der Waals surface area contributed by atoms with Crippen LogP contribution in [0.15, 0.2) is 30.3 Å². The smallest absolute Gasteiger partial charge is 0.286 e. The van der Waals surface area contributed by atoms with Crippen LogP contribution in [0.3, 0.4) is 0 Å². The standard InChI is InChI=1S/C8H6O3/c9-7(8-10-11-8)6-4-2-1-3-5-6/h1-5,8H. The minimum Gasteiger partial charge on any atom is -0.288 e. The van der Waals surface area contributed by atoms with Crippen molar-refractivity contribution < 1.29 is 14.6 Å². The molecular weight excluding hydrogens is 144 g/mol. The molecule has 0 saturated carbocycles. The maximum atomic E-state index is 11.2. The Hall–Kier alpha value is -1.19. The summed E-state index contributed by atoms with van der Waals surface area (Å²) in [5, 5.41) is 0. The van der Waals surface area contributed by atoms with Crippen LogP contribution in [0.4, 0.5) is 0 Å². The molecule has 0 amide bonds. The average Bonchev–Trinajstić information content (AvgIpc) is 2.87. The Balaban J connectivity index is 2.22. The van der Waals surface area contributed by atoms with E-state index in [1.165, 1.54) is 0 Å². The van der Waals surface area contributed by atoms with Gasteiger partial charge in [0.15, 0.2) is 0 Å². The topological polar surface area (TPSA) is 42.1 Å². The van der Waals surface area contributed by atoms with Crippen LogP contribution >= 0.6 is 0 Å². The molecule has 3 nitrogen and oxygen atoms in total. The van der Waals surface area contributed by atoms with Gasteiger partial charge in [-0.2, -0.15) is 9.78 Å². The van der Waals surface area contributed by atoms with E-state index in [1.807, 2.05) is 6.07 Å². The molecule has 1 saturated heterocycles. The van der Waals surface area contributed by atoms with E-state index in [-0.39, 0.29) is 5.78 Å². The molecular formula is C8H6O3. The minimum atomic E-state index is -0.655. The van der Waals surface area contributed by atoms with Crippen LogP contribution < -0.4 is 0 Å². The number of carbonyl (C=O) groups excluding carboxylic acids is 1. The lowest BCUT2D eigenvalue weighted by Gasteiger charge is -1.91. The predicted octanol–water partition coefficient (Wildman–Crippen LogP) is 1.16. The van der Waals surface area contributed by atoms with Gasteiger partial charge in [-0.25, -0.2) is 0 Å². The Bertz CT molecular complexity index is 264. The van der Waals surface area contributed by atoms with Crippen molar-refractivity contribution in [1.82, 2.24) is 0 Å². The van der Waals surface area contributed by atoms with Crippen LogP contribution in [0.1, 0.15) is 10.4 Å². The molecule has 2 rings (SSSR count). The fourth-order valence-electron chi connectivity index (χ4n) is 0.854. The van der Waals surface area contributed by atoms with E-state index in [1.54, 1.807) is 24.3 Å². The molecule has 56 valence electrons. The van der Waals surface area contributed by atoms with Crippen molar-refractivity contribution in [2.75, 3.05) is 0 Å². The molecule has 0 aromatic heterocycles. The number of ketones is 1. The molecule has 1 aromatic carbocycles. The summed E-state index contributed by atoms with van der Waals surface area (Å²) in [5.41, 5.74) is 0.620. The molecule has 0 atom stereocenters. The van der Waals surface area contributed by atoms with E-state index in [9.17, 15) is 4.79 Å². The first-order valence-electron chi connectivity index (χ1n) is 3.29. The zero-order chi connectivity index (χ0) is 7.68. The third-order valence-electron chi connectivity index (χ3n) is 1.46. The summed E-state index contributed by atoms with van der Waals surface area (Å²) in [4.78, 5) is 19.9. The van der Waals surface area contributed by atoms with Crippen molar-refractivity contribution in [2.45, 2.75) is 6.29 Å². The summed E-state index contributed by atoms with van der Waals surface area (Å²) < 4.78 is 0. The summed E-state index contributed by atoms with van der Waals surface area (Å²) in [7, 11) is 0. The highest BCUT2D eigenvalue weighted by Crippen LogP contribution is 2.17. The number of Topliss-reactive ketones (excluding diaryl/α,β-unsaturated/α-hetero) is 1. The molecule has 1 aromatic rings. The monoisotopic (exact) mass is 150 g/mol. The molecule has 1 fully saturated rings. The number of hydrogen-bond acceptors (Lipinski definition) is 3. The molecule has 1 heterocycles. The normalized spacial score (nSPS) is 16.4. The van der Waals surface area contributed by atoms with Gasteiger partial charge in [-0.05, 0) is 0 Å². The number of carbonyl (C=O) groups is 1. The molecule has 1 aliphatic heterocycles. The van der Waals surface area contributed by atoms with Crippen LogP contribution in [-0.2, 0) is 9.78 Å². The molecule has 0 unspecified atom stereocenters. The second-order valence-electron chi connectivity index (χ2n) is 2.25. The van der Waals surface area contributed by atoms with Gasteiger partial charge in [-0.15, -0.1) is 0 Å². The van der Waals surface area contributed by atoms with Gasteiger partial charge >= 0.3 is 0 Å². The maximum absolute atomic E-state index is 11.2. The summed E-state index contributed by atoms with van der Waals surface area (Å²) in [6, 6.07) is 8.91. The Morgan fingerprint density at radius 2 is 1.82 bits per heavy atom. The average molecular weight is 150 g/mol. The number of benzene rings is 1. The van der Waals surface area contributed by atoms with E-state index in [0.29, 0.717) is 5.56 Å². The predicted molar refractivity (Wildman–Crippen MR) is 36.7 cm³/mol. The van der Waals surface area contributed by atoms with Gasteiger partial charge in [-0.3, -0.25) is 4.79 Å². The molecule has 0 N–H and O–H groups in total. The SMILES string of the molecule is O=C(c1ccccc1)C1OO1. The molecule has 0 aliphatic carbocycles. The minimum absolute atomic E-state index is 0.120. The second-order valence-corrected chi connectivity index (χ2v) is 2.25. The Morgan fingerprint density at radius 3 is 2.36 bits per heavy atom. The Labute approximate surface area is 63.5 Å². The highest BCUT2D eigenvalue weighted by atomic mass is 17.4. The third kappa shape index (κ3) is 1.29. The van der Waals surface area contributed by atoms with Gasteiger partial charge in [-0.1, -0.05) is 30.3 Å². The summed E-state index contributed by atoms with van der Waals surface area (Å²) in [6.45, 7) is 0. The van der Waals surface area contributed by atoms with Crippen LogP contribution in [0.25, 0.3) is 0 Å². The Kier molecular flexibility index (Phi) is 1.45. The summed E-state index contributed by atoms with van der Waals surface area (Å²) in [5.74, 6) is -0.120. The lowest BCUT2D eigenvalue weighted by atomic mass is 10.1. The molecule has 11 heavy (non-hydrogen) atoms. The molecule has 0 spiro atoms. The largest absolute Gasteiger partial charge is 0.288 e. The van der Waals surface area contributed by atoms with Crippen LogP contribution in [0.5, 0.6) is 0 Å². The number of rotatable bonds is 2. The van der Waals surface area contributed by atoms with Gasteiger partial charge in [0.25, 0.3) is 6.29 Å². The van der Waals surface area contributed by atoms with Crippen LogP contribution in [-0.4, -0.2) is 12.1 Å². The fourth-order valence-corrected chi connectivity index (χ4v) is 0.854. The summed E-state index contributed by atoms with van der Waals surface area (Å²) in [6.07, 6.45) is -0.655. The van der Waals surface area contributed by atoms with E-state index >= 15 is 0 Å². The zero-order valence-electron chi connectivity index (χ0n) is 5.69. The van der Waals surface area contributed by atoms with Crippen molar-refractivity contribution >= 4 is 5.78 Å². The Morgan fingerprint density at radius 1 is 1.18 bits per heavy atom. The van der Waals surface area contributed by atoms with E-state index in [0.717, 1.165) is 0 Å². The maximum Gasteiger partial charge on any atom is 0.286 e. The van der Waals surface area contributed by atoms with Crippen molar-refractivity contribution in [3.8, 4) is 0 Å². The molecule has 1 aliphatic rings. The van der Waals surface area contributed by atoms with Gasteiger partial charge in [0.05, 0.1) is 0 Å². The summed E-state index contributed by atoms with van der Waals surface area (Å²) >= 11 is 0. The number of hydrogen-bond donors (Lipinski definition) is 0. The van der Waals surface area contributed by atoms with Gasteiger partial charge in [0.1, 0.15) is 0 Å². The molecule has 0 radical (unpaired) electrons. The third-order valence-corrected chi connectivity index (χ3v) is 1.46. The zero-order valence-corrected chi connectivity index (χ0v) is 5.69. The lowest BCUT2D eigenvalue weighted by Crippen LogP contribution is -2.05. The van der Waals surface area contributed by atoms with Crippen molar-refractivity contribution in [1.29, 1.82) is 0 Å². The van der Waals surface area contributed by atoms with Crippen LogP contribution in [0.2, 0.25) is 0 Å². The van der Waals surface area contributed by atoms with Crippen molar-refractivity contribution in [3.63, 3.8) is 0 Å². The lowest BCUT2D eigenvalue weighted by molar-refractivity contribution is 0.0850. The quantitative estimate of drug-likeness (QED) is 0.361. The van der Waals surface area contributed by atoms with Crippen molar-refractivity contribution in [2.24, 2.45) is 0 Å². The van der Waals surface area contributed by atoms with E-state index in [4.69, 9.17) is 0 Å². The first kappa shape index (κ1) is 6.52. The highest BCUT2D eigenvalue weighted by molar-refractivity contribution is 5.99. The van der Waals surface area contributed by atoms with Gasteiger partial charge in [0, 0.05) is 5.56 Å².